The van der Waals surface area contributed by atoms with E-state index in [1.807, 2.05) is 11.3 Å². The monoisotopic (exact) mass is 768 g/mol. The average molecular weight is 766 g/mol. The van der Waals surface area contributed by atoms with E-state index in [0.717, 1.165) is 37.6 Å². The molecule has 2 rings (SSSR count). The van der Waals surface area contributed by atoms with Crippen LogP contribution >= 0.6 is 11.3 Å². The van der Waals surface area contributed by atoms with Gasteiger partial charge in [-0.1, -0.05) is 39.5 Å². The number of thiophene rings is 1. The zero-order valence-electron chi connectivity index (χ0n) is 26.3. The van der Waals surface area contributed by atoms with Gasteiger partial charge in [-0.3, -0.25) is 0 Å². The molecule has 0 amide bonds. The normalized spacial score (nSPS) is 15.6. The zero-order valence-corrected chi connectivity index (χ0v) is 32.8. The topological polar surface area (TPSA) is 36.9 Å². The Morgan fingerprint density at radius 3 is 1.34 bits per heavy atom. The van der Waals surface area contributed by atoms with Crippen LogP contribution in [0.3, 0.4) is 0 Å². The van der Waals surface area contributed by atoms with Crippen LogP contribution in [0, 0.1) is 5.41 Å². The van der Waals surface area contributed by atoms with Crippen molar-refractivity contribution in [3.05, 3.63) is 0 Å². The van der Waals surface area contributed by atoms with Crippen molar-refractivity contribution in [1.29, 1.82) is 0 Å². The van der Waals surface area contributed by atoms with E-state index in [2.05, 4.69) is 43.5 Å². The molecule has 222 valence electrons. The number of rotatable bonds is 20. The Bertz CT molecular complexity index is 720. The third-order valence-corrected chi connectivity index (χ3v) is 27.1. The molecular weight excluding hydrogens is 706 g/mol. The quantitative estimate of drug-likeness (QED) is 0.0989. The molecule has 1 aromatic rings. The summed E-state index contributed by atoms with van der Waals surface area (Å²) in [7, 11) is 0. The van der Waals surface area contributed by atoms with Crippen molar-refractivity contribution in [2.45, 2.75) is 121 Å². The first-order valence-electron chi connectivity index (χ1n) is 15.6. The fraction of sp³-hybridized carbons (Fsp3) is 0.871. The Balaban J connectivity index is 2.05. The van der Waals surface area contributed by atoms with E-state index in [-0.39, 0.29) is 5.41 Å². The van der Waals surface area contributed by atoms with Crippen LogP contribution < -0.4 is 15.3 Å². The molecule has 0 radical (unpaired) electrons. The van der Waals surface area contributed by atoms with Gasteiger partial charge in [0.25, 0.3) is 0 Å². The van der Waals surface area contributed by atoms with E-state index in [0.29, 0.717) is 26.4 Å². The SMILES string of the molecule is CCCCCCCCOCC1(COCCCCCCCC)COc2[c]([Sn]([CH3])([CH3])[CH3])s[c]([Sn]([CH3])([CH3])[CH3])c2OC1. The standard InChI is InChI=1S/C25H42O4S.6CH3.2Sn/c1-3-5-7-9-11-13-15-26-19-25(20-27-16-14-12-10-8-6-4-2)21-28-23-17-30-18-24(23)29-22-25;;;;;;;;/h3-16,19-22H2,1-2H3;6*1H3;;. The summed E-state index contributed by atoms with van der Waals surface area (Å²) < 4.78 is 29.2. The molecule has 2 heterocycles. The number of unbranched alkanes of at least 4 members (excludes halogenated alkanes) is 10. The van der Waals surface area contributed by atoms with Gasteiger partial charge in [0.05, 0.1) is 0 Å². The summed E-state index contributed by atoms with van der Waals surface area (Å²) >= 11 is -2.70. The Morgan fingerprint density at radius 1 is 0.605 bits per heavy atom. The molecule has 7 heteroatoms. The van der Waals surface area contributed by atoms with Crippen molar-refractivity contribution in [2.24, 2.45) is 5.41 Å². The molecule has 0 aromatic carbocycles. The fourth-order valence-corrected chi connectivity index (χ4v) is 20.6. The summed E-state index contributed by atoms with van der Waals surface area (Å²) in [6.07, 6.45) is 15.4. The molecule has 4 nitrogen and oxygen atoms in total. The molecule has 0 atom stereocenters. The molecule has 38 heavy (non-hydrogen) atoms. The number of ether oxygens (including phenoxy) is 4. The van der Waals surface area contributed by atoms with Gasteiger partial charge in [0.15, 0.2) is 0 Å². The first kappa shape index (κ1) is 35.0. The fourth-order valence-electron chi connectivity index (χ4n) is 4.90. The van der Waals surface area contributed by atoms with Gasteiger partial charge in [-0.15, -0.1) is 0 Å². The molecule has 0 N–H and O–H groups in total. The summed E-state index contributed by atoms with van der Waals surface area (Å²) in [5, 5.41) is 0. The molecule has 0 unspecified atom stereocenters. The van der Waals surface area contributed by atoms with E-state index >= 15 is 0 Å². The van der Waals surface area contributed by atoms with Gasteiger partial charge >= 0.3 is 210 Å². The second-order valence-electron chi connectivity index (χ2n) is 13.6. The Hall–Kier alpha value is 0.817. The zero-order chi connectivity index (χ0) is 28.1. The minimum atomic E-state index is -2.37. The van der Waals surface area contributed by atoms with Crippen molar-refractivity contribution in [2.75, 3.05) is 39.6 Å². The third-order valence-electron chi connectivity index (χ3n) is 7.33. The molecule has 0 aliphatic carbocycles. The van der Waals surface area contributed by atoms with Crippen LogP contribution in [0.15, 0.2) is 0 Å². The second-order valence-corrected chi connectivity index (χ2v) is 45.3. The van der Waals surface area contributed by atoms with Crippen molar-refractivity contribution < 1.29 is 18.9 Å². The maximum absolute atomic E-state index is 6.75. The van der Waals surface area contributed by atoms with Crippen molar-refractivity contribution in [1.82, 2.24) is 0 Å². The first-order valence-corrected chi connectivity index (χ1v) is 36.4. The van der Waals surface area contributed by atoms with Gasteiger partial charge in [-0.25, -0.2) is 0 Å². The summed E-state index contributed by atoms with van der Waals surface area (Å²) in [6.45, 7) is 8.72. The van der Waals surface area contributed by atoms with Crippen molar-refractivity contribution >= 4 is 53.9 Å². The van der Waals surface area contributed by atoms with Crippen LogP contribution in [-0.4, -0.2) is 76.4 Å². The van der Waals surface area contributed by atoms with E-state index in [1.165, 1.54) is 70.0 Å². The van der Waals surface area contributed by atoms with Gasteiger partial charge in [-0.2, -0.15) is 0 Å². The summed E-state index contributed by atoms with van der Waals surface area (Å²) in [5.74, 6) is 2.18. The van der Waals surface area contributed by atoms with E-state index < -0.39 is 36.8 Å². The third kappa shape index (κ3) is 12.0. The van der Waals surface area contributed by atoms with Crippen molar-refractivity contribution in [3.63, 3.8) is 0 Å². The molecule has 1 aliphatic rings. The average Bonchev–Trinajstić information content (AvgIpc) is 3.15. The molecule has 1 aliphatic heterocycles. The Labute approximate surface area is 248 Å². The number of hydrogen-bond donors (Lipinski definition) is 0. The first-order chi connectivity index (χ1) is 18.0. The van der Waals surface area contributed by atoms with Gasteiger partial charge in [-0.05, 0) is 0 Å². The predicted molar refractivity (Wildman–Crippen MR) is 172 cm³/mol. The Morgan fingerprint density at radius 2 is 0.974 bits per heavy atom. The molecular formula is C31H60O4SSn2. The van der Waals surface area contributed by atoms with E-state index in [1.54, 1.807) is 0 Å². The van der Waals surface area contributed by atoms with Gasteiger partial charge < -0.3 is 0 Å². The summed E-state index contributed by atoms with van der Waals surface area (Å²) in [6, 6.07) is 0. The van der Waals surface area contributed by atoms with Gasteiger partial charge in [0.2, 0.25) is 0 Å². The summed E-state index contributed by atoms with van der Waals surface area (Å²) in [4.78, 5) is 15.0. The molecule has 0 fully saturated rings. The van der Waals surface area contributed by atoms with Crippen LogP contribution in [0.2, 0.25) is 29.6 Å². The second kappa shape index (κ2) is 17.7. The molecule has 0 saturated heterocycles. The molecule has 1 aromatic heterocycles. The maximum atomic E-state index is 6.75. The van der Waals surface area contributed by atoms with Crippen LogP contribution in [0.1, 0.15) is 90.9 Å². The van der Waals surface area contributed by atoms with E-state index in [9.17, 15) is 0 Å². The van der Waals surface area contributed by atoms with Gasteiger partial charge in [0, 0.05) is 0 Å². The Kier molecular flexibility index (Phi) is 16.3. The van der Waals surface area contributed by atoms with E-state index in [4.69, 9.17) is 18.9 Å². The molecule has 0 spiro atoms. The minimum absolute atomic E-state index is 0.254. The predicted octanol–water partition coefficient (Wildman–Crippen LogP) is 8.35. The van der Waals surface area contributed by atoms with Crippen LogP contribution in [0.5, 0.6) is 11.5 Å². The number of fused-ring (bicyclic) bond motifs is 1. The molecule has 0 saturated carbocycles. The van der Waals surface area contributed by atoms with Gasteiger partial charge in [0.1, 0.15) is 0 Å². The number of hydrogen-bond acceptors (Lipinski definition) is 5. The van der Waals surface area contributed by atoms with Crippen LogP contribution in [0.25, 0.3) is 0 Å². The molecule has 0 bridgehead atoms. The summed E-state index contributed by atoms with van der Waals surface area (Å²) in [5.41, 5.74) is -0.254. The van der Waals surface area contributed by atoms with Crippen LogP contribution in [-0.2, 0) is 9.47 Å². The van der Waals surface area contributed by atoms with Crippen molar-refractivity contribution in [3.8, 4) is 11.5 Å². The van der Waals surface area contributed by atoms with Crippen LogP contribution in [0.4, 0.5) is 0 Å².